The Bertz CT molecular complexity index is 1210. The van der Waals surface area contributed by atoms with Crippen LogP contribution in [0.2, 0.25) is 0 Å². The van der Waals surface area contributed by atoms with E-state index in [1.807, 2.05) is 36.4 Å². The fourth-order valence-corrected chi connectivity index (χ4v) is 4.56. The average molecular weight is 440 g/mol. The first-order chi connectivity index (χ1) is 14.1. The van der Waals surface area contributed by atoms with E-state index in [4.69, 9.17) is 0 Å². The SMILES string of the molecule is O=P(O)(O)c1ccc(-c2cccc3c(-c4ccc(P(=O)(O)O)cc4)cccc23)cc1. The van der Waals surface area contributed by atoms with Gasteiger partial charge in [-0.05, 0) is 57.3 Å². The van der Waals surface area contributed by atoms with Crippen molar-refractivity contribution in [2.75, 3.05) is 0 Å². The van der Waals surface area contributed by atoms with E-state index in [1.165, 1.54) is 24.3 Å². The molecule has 8 heteroatoms. The third kappa shape index (κ3) is 4.03. The summed E-state index contributed by atoms with van der Waals surface area (Å²) in [6.45, 7) is 0. The van der Waals surface area contributed by atoms with Crippen LogP contribution in [0.3, 0.4) is 0 Å². The fraction of sp³-hybridized carbons (Fsp3) is 0. The summed E-state index contributed by atoms with van der Waals surface area (Å²) in [5.41, 5.74) is 3.48. The molecule has 0 bridgehead atoms. The first kappa shape index (κ1) is 20.7. The van der Waals surface area contributed by atoms with Gasteiger partial charge < -0.3 is 19.6 Å². The van der Waals surface area contributed by atoms with Crippen molar-refractivity contribution >= 4 is 36.6 Å². The molecule has 0 heterocycles. The van der Waals surface area contributed by atoms with Crippen molar-refractivity contribution in [3.8, 4) is 22.3 Å². The summed E-state index contributed by atoms with van der Waals surface area (Å²) in [6, 6.07) is 24.1. The first-order valence-corrected chi connectivity index (χ1v) is 12.2. The Morgan fingerprint density at radius 3 is 1.10 bits per heavy atom. The molecule has 4 aromatic rings. The second kappa shape index (κ2) is 7.60. The molecule has 6 nitrogen and oxygen atoms in total. The van der Waals surface area contributed by atoms with Crippen LogP contribution in [0.25, 0.3) is 33.0 Å². The molecule has 152 valence electrons. The van der Waals surface area contributed by atoms with Crippen LogP contribution >= 0.6 is 15.2 Å². The molecular formula is C22H18O6P2. The molecule has 0 saturated heterocycles. The summed E-state index contributed by atoms with van der Waals surface area (Å²) < 4.78 is 22.9. The lowest BCUT2D eigenvalue weighted by Crippen LogP contribution is -2.02. The van der Waals surface area contributed by atoms with Crippen molar-refractivity contribution in [1.82, 2.24) is 0 Å². The van der Waals surface area contributed by atoms with Gasteiger partial charge in [0.05, 0.1) is 10.6 Å². The normalized spacial score (nSPS) is 12.3. The highest BCUT2D eigenvalue weighted by atomic mass is 31.2. The van der Waals surface area contributed by atoms with Crippen LogP contribution in [0.15, 0.2) is 84.9 Å². The highest BCUT2D eigenvalue weighted by molar-refractivity contribution is 7.60. The van der Waals surface area contributed by atoms with Crippen LogP contribution in [-0.2, 0) is 9.13 Å². The smallest absolute Gasteiger partial charge is 0.321 e. The number of hydrogen-bond donors (Lipinski definition) is 4. The van der Waals surface area contributed by atoms with E-state index >= 15 is 0 Å². The van der Waals surface area contributed by atoms with E-state index in [9.17, 15) is 28.7 Å². The summed E-state index contributed by atoms with van der Waals surface area (Å²) in [4.78, 5) is 37.3. The molecule has 0 aliphatic heterocycles. The van der Waals surface area contributed by atoms with E-state index in [1.54, 1.807) is 24.3 Å². The Balaban J connectivity index is 1.83. The molecule has 0 amide bonds. The van der Waals surface area contributed by atoms with E-state index in [0.29, 0.717) is 0 Å². The maximum atomic E-state index is 11.4. The van der Waals surface area contributed by atoms with Crippen molar-refractivity contribution in [2.24, 2.45) is 0 Å². The summed E-state index contributed by atoms with van der Waals surface area (Å²) in [5, 5.41) is 1.85. The number of fused-ring (bicyclic) bond motifs is 1. The van der Waals surface area contributed by atoms with E-state index in [-0.39, 0.29) is 10.6 Å². The van der Waals surface area contributed by atoms with Crippen molar-refractivity contribution in [3.05, 3.63) is 84.9 Å². The molecule has 0 radical (unpaired) electrons. The van der Waals surface area contributed by atoms with E-state index < -0.39 is 15.2 Å². The van der Waals surface area contributed by atoms with E-state index in [2.05, 4.69) is 0 Å². The van der Waals surface area contributed by atoms with Gasteiger partial charge in [0.25, 0.3) is 0 Å². The van der Waals surface area contributed by atoms with Gasteiger partial charge in [-0.2, -0.15) is 0 Å². The molecule has 30 heavy (non-hydrogen) atoms. The van der Waals surface area contributed by atoms with Gasteiger partial charge in [0.15, 0.2) is 0 Å². The molecule has 0 aliphatic rings. The molecule has 0 aliphatic carbocycles. The minimum Gasteiger partial charge on any atom is -0.321 e. The van der Waals surface area contributed by atoms with Gasteiger partial charge in [-0.3, -0.25) is 9.13 Å². The molecule has 0 spiro atoms. The first-order valence-electron chi connectivity index (χ1n) is 8.99. The van der Waals surface area contributed by atoms with Gasteiger partial charge in [0.2, 0.25) is 0 Å². The fourth-order valence-electron chi connectivity index (χ4n) is 3.48. The second-order valence-corrected chi connectivity index (χ2v) is 10.1. The van der Waals surface area contributed by atoms with Crippen LogP contribution in [-0.4, -0.2) is 19.6 Å². The summed E-state index contributed by atoms with van der Waals surface area (Å²) >= 11 is 0. The molecule has 0 saturated carbocycles. The summed E-state index contributed by atoms with van der Waals surface area (Å²) in [5.74, 6) is 0. The third-order valence-electron chi connectivity index (χ3n) is 4.95. The predicted molar refractivity (Wildman–Crippen MR) is 118 cm³/mol. The van der Waals surface area contributed by atoms with Gasteiger partial charge >= 0.3 is 15.2 Å². The number of rotatable bonds is 4. The summed E-state index contributed by atoms with van der Waals surface area (Å²) in [7, 11) is -8.59. The standard InChI is InChI=1S/C22H18O6P2/c23-29(24,25)17-11-7-15(8-12-17)19-3-1-5-21-20(4-2-6-22(19)21)16-9-13-18(14-10-16)30(26,27)28/h1-14H,(H2,23,24,25)(H2,26,27,28). The minimum absolute atomic E-state index is 0.0303. The third-order valence-corrected chi connectivity index (χ3v) is 6.89. The Hall–Kier alpha value is -2.56. The minimum atomic E-state index is -4.30. The van der Waals surface area contributed by atoms with Crippen LogP contribution in [0, 0.1) is 0 Å². The average Bonchev–Trinajstić information content (AvgIpc) is 2.72. The van der Waals surface area contributed by atoms with Crippen molar-refractivity contribution in [2.45, 2.75) is 0 Å². The monoisotopic (exact) mass is 440 g/mol. The second-order valence-electron chi connectivity index (χ2n) is 6.89. The topological polar surface area (TPSA) is 115 Å². The maximum absolute atomic E-state index is 11.4. The van der Waals surface area contributed by atoms with E-state index in [0.717, 1.165) is 33.0 Å². The molecule has 4 rings (SSSR count). The lowest BCUT2D eigenvalue weighted by atomic mass is 9.93. The molecule has 0 atom stereocenters. The Labute approximate surface area is 172 Å². The lowest BCUT2D eigenvalue weighted by molar-refractivity contribution is 0.385. The Morgan fingerprint density at radius 1 is 0.467 bits per heavy atom. The Kier molecular flexibility index (Phi) is 5.25. The van der Waals surface area contributed by atoms with Crippen LogP contribution < -0.4 is 10.6 Å². The van der Waals surface area contributed by atoms with Crippen molar-refractivity contribution in [1.29, 1.82) is 0 Å². The van der Waals surface area contributed by atoms with Crippen molar-refractivity contribution < 1.29 is 28.7 Å². The van der Waals surface area contributed by atoms with Crippen LogP contribution in [0.5, 0.6) is 0 Å². The predicted octanol–water partition coefficient (Wildman–Crippen LogP) is 3.78. The van der Waals surface area contributed by atoms with Crippen molar-refractivity contribution in [3.63, 3.8) is 0 Å². The highest BCUT2D eigenvalue weighted by Crippen LogP contribution is 2.38. The number of benzene rings is 4. The Morgan fingerprint density at radius 2 is 0.800 bits per heavy atom. The lowest BCUT2D eigenvalue weighted by Gasteiger charge is -2.12. The zero-order chi connectivity index (χ0) is 21.5. The molecule has 4 N–H and O–H groups in total. The van der Waals surface area contributed by atoms with Gasteiger partial charge in [0.1, 0.15) is 0 Å². The van der Waals surface area contributed by atoms with Crippen LogP contribution in [0.1, 0.15) is 0 Å². The highest BCUT2D eigenvalue weighted by Gasteiger charge is 2.18. The van der Waals surface area contributed by atoms with Gasteiger partial charge in [-0.1, -0.05) is 60.7 Å². The maximum Gasteiger partial charge on any atom is 0.356 e. The molecule has 4 aromatic carbocycles. The largest absolute Gasteiger partial charge is 0.356 e. The molecular weight excluding hydrogens is 422 g/mol. The zero-order valence-electron chi connectivity index (χ0n) is 15.6. The summed E-state index contributed by atoms with van der Waals surface area (Å²) in [6.07, 6.45) is 0. The van der Waals surface area contributed by atoms with Gasteiger partial charge in [0, 0.05) is 0 Å². The quantitative estimate of drug-likeness (QED) is 0.359. The zero-order valence-corrected chi connectivity index (χ0v) is 17.4. The van der Waals surface area contributed by atoms with Crippen LogP contribution in [0.4, 0.5) is 0 Å². The molecule has 0 unspecified atom stereocenters. The molecule has 0 aromatic heterocycles. The molecule has 0 fully saturated rings. The number of hydrogen-bond acceptors (Lipinski definition) is 2. The van der Waals surface area contributed by atoms with Gasteiger partial charge in [-0.15, -0.1) is 0 Å². The van der Waals surface area contributed by atoms with Gasteiger partial charge in [-0.25, -0.2) is 0 Å².